The molecule has 4 aromatic rings. The van der Waals surface area contributed by atoms with Crippen LogP contribution in [-0.4, -0.2) is 101 Å². The van der Waals surface area contributed by atoms with Gasteiger partial charge < -0.3 is 14.9 Å². The Morgan fingerprint density at radius 2 is 1.31 bits per heavy atom. The summed E-state index contributed by atoms with van der Waals surface area (Å²) in [4.78, 5) is 55.7. The second-order valence-electron chi connectivity index (χ2n) is 16.5. The Hall–Kier alpha value is -4.69. The largest absolute Gasteiger partial charge is 0.473 e. The first-order chi connectivity index (χ1) is 29.9. The third-order valence-corrected chi connectivity index (χ3v) is 12.9. The van der Waals surface area contributed by atoms with Gasteiger partial charge in [-0.3, -0.25) is 18.6 Å². The van der Waals surface area contributed by atoms with E-state index < -0.39 is 11.9 Å². The molecule has 0 amide bonds. The average molecular weight is 932 g/mol. The van der Waals surface area contributed by atoms with Crippen LogP contribution in [0.15, 0.2) is 32.6 Å². The van der Waals surface area contributed by atoms with Crippen LogP contribution in [0, 0.1) is 12.7 Å². The van der Waals surface area contributed by atoms with Gasteiger partial charge in [-0.15, -0.1) is 0 Å². The van der Waals surface area contributed by atoms with Crippen LogP contribution in [0.25, 0.3) is 0 Å². The molecule has 0 spiro atoms. The summed E-state index contributed by atoms with van der Waals surface area (Å²) in [6, 6.07) is 6.42. The number of nitrogens with zero attached hydrogens (tertiary/aromatic N) is 9. The lowest BCUT2D eigenvalue weighted by atomic mass is 9.99. The summed E-state index contributed by atoms with van der Waals surface area (Å²) < 4.78 is 28.9. The van der Waals surface area contributed by atoms with Gasteiger partial charge in [0.2, 0.25) is 0 Å². The molecule has 2 unspecified atom stereocenters. The van der Waals surface area contributed by atoms with Crippen molar-refractivity contribution < 1.29 is 28.9 Å². The van der Waals surface area contributed by atoms with Crippen molar-refractivity contribution in [1.82, 2.24) is 48.4 Å². The van der Waals surface area contributed by atoms with E-state index in [2.05, 4.69) is 41.2 Å². The quantitative estimate of drug-likeness (QED) is 0.0928. The number of aryl methyl sites for hydroxylation is 6. The molecule has 9 rings (SSSR count). The highest BCUT2D eigenvalue weighted by Gasteiger charge is 2.40. The van der Waals surface area contributed by atoms with Gasteiger partial charge in [0.1, 0.15) is 23.3 Å². The molecule has 62 heavy (non-hydrogen) atoms. The minimum atomic E-state index is -1.82. The van der Waals surface area contributed by atoms with E-state index in [4.69, 9.17) is 24.5 Å². The van der Waals surface area contributed by atoms with Crippen LogP contribution >= 0.6 is 15.9 Å². The van der Waals surface area contributed by atoms with Crippen molar-refractivity contribution in [1.29, 1.82) is 0 Å². The van der Waals surface area contributed by atoms with Gasteiger partial charge in [-0.05, 0) is 95.7 Å². The highest BCUT2D eigenvalue weighted by Crippen LogP contribution is 2.37. The summed E-state index contributed by atoms with van der Waals surface area (Å²) in [5, 5.41) is 30.9. The summed E-state index contributed by atoms with van der Waals surface area (Å²) in [5.41, 5.74) is 1.75. The Balaban J connectivity index is 0.000000174. The standard InChI is InChI=1S/C25H35FN4O2.C10H16BrN3O.C5H7N3O.C2H2O4/c1-18-7-5-8-23(26)22(18)17-32-21-15-19-10-11-20(16-21)28(19)12-3-2-4-14-30-25(31)29-13-6-9-24(29)27-30;11-6-2-1-3-8-14-10(15)13-7-4-5-9(13)12-14;9-5-7-6-4-2-1-3-8(4)5;3-1(4)2(5)6/h5,7-8,19-21H,2-4,6,9-17H2,1H3;1-8H2;1-3H2,(H,7,9);(H,3,4)(H,5,6). The molecule has 8 heterocycles. The van der Waals surface area contributed by atoms with Gasteiger partial charge in [0.25, 0.3) is 0 Å². The third-order valence-electron chi connectivity index (χ3n) is 12.3. The zero-order chi connectivity index (χ0) is 44.2. The first kappa shape index (κ1) is 46.8. The summed E-state index contributed by atoms with van der Waals surface area (Å²) in [5.74, 6) is -0.972. The van der Waals surface area contributed by atoms with E-state index in [0.717, 1.165) is 151 Å². The number of halogens is 2. The number of unbranched alkanes of at least 4 members (excludes halogenated alkanes) is 4. The van der Waals surface area contributed by atoms with Crippen LogP contribution in [-0.2, 0) is 72.9 Å². The van der Waals surface area contributed by atoms with Gasteiger partial charge in [-0.2, -0.15) is 15.3 Å². The molecule has 0 radical (unpaired) electrons. The van der Waals surface area contributed by atoms with Crippen LogP contribution in [0.2, 0.25) is 0 Å². The normalized spacial score (nSPS) is 19.4. The lowest BCUT2D eigenvalue weighted by Gasteiger charge is -2.39. The minimum Gasteiger partial charge on any atom is -0.473 e. The number of benzene rings is 1. The first-order valence-electron chi connectivity index (χ1n) is 22.1. The Morgan fingerprint density at radius 3 is 1.82 bits per heavy atom. The molecule has 3 N–H and O–H groups in total. The summed E-state index contributed by atoms with van der Waals surface area (Å²) >= 11 is 3.40. The summed E-state index contributed by atoms with van der Waals surface area (Å²) in [6.07, 6.45) is 17.5. The van der Waals surface area contributed by atoms with Crippen LogP contribution in [0.3, 0.4) is 0 Å². The fraction of sp³-hybridized carbons (Fsp3) is 0.667. The number of aliphatic carboxylic acids is 2. The number of hydrogen-bond acceptors (Lipinski definition) is 10. The summed E-state index contributed by atoms with van der Waals surface area (Å²) in [6.45, 7) is 7.48. The Bertz CT molecular complexity index is 2250. The number of fused-ring (bicyclic) bond motifs is 5. The second-order valence-corrected chi connectivity index (χ2v) is 17.3. The molecular formula is C42H60BrFN10O8. The molecule has 5 aliphatic heterocycles. The average Bonchev–Trinajstić information content (AvgIpc) is 4.13. The maximum absolute atomic E-state index is 14.1. The number of nitrogens with one attached hydrogen (secondary N) is 1. The maximum Gasteiger partial charge on any atom is 0.414 e. The van der Waals surface area contributed by atoms with Crippen molar-refractivity contribution in [3.8, 4) is 0 Å². The number of hydrogen-bond donors (Lipinski definition) is 3. The van der Waals surface area contributed by atoms with Crippen molar-refractivity contribution in [3.05, 3.63) is 84.1 Å². The zero-order valence-corrected chi connectivity index (χ0v) is 37.1. The molecular weight excluding hydrogens is 871 g/mol. The van der Waals surface area contributed by atoms with E-state index >= 15 is 0 Å². The van der Waals surface area contributed by atoms with Crippen LogP contribution in [0.5, 0.6) is 0 Å². The molecule has 1 aromatic carbocycles. The molecule has 3 aromatic heterocycles. The van der Waals surface area contributed by atoms with Crippen molar-refractivity contribution in [3.63, 3.8) is 0 Å². The number of aromatic nitrogens is 9. The Labute approximate surface area is 367 Å². The Morgan fingerprint density at radius 1 is 0.774 bits per heavy atom. The lowest BCUT2D eigenvalue weighted by Crippen LogP contribution is -2.45. The molecule has 0 saturated carbocycles. The number of alkyl halides is 1. The number of carboxylic acids is 2. The molecule has 18 nitrogen and oxygen atoms in total. The monoisotopic (exact) mass is 930 g/mol. The van der Waals surface area contributed by atoms with Gasteiger partial charge >= 0.3 is 29.0 Å². The second kappa shape index (κ2) is 22.6. The molecule has 0 aliphatic carbocycles. The minimum absolute atomic E-state index is 0.0671. The zero-order valence-electron chi connectivity index (χ0n) is 35.6. The van der Waals surface area contributed by atoms with E-state index in [0.29, 0.717) is 24.3 Å². The SMILES string of the molecule is Cc1cccc(F)c1COC1CC2CCC(C1)N2CCCCCn1nc2n(c1=O)CCC2.O=C(O)C(=O)O.O=c1[nH]nc2n1CCC2.O=c1n(CCCCCBr)nc2n1CCC2. The van der Waals surface area contributed by atoms with Crippen molar-refractivity contribution >= 4 is 27.9 Å². The van der Waals surface area contributed by atoms with Crippen molar-refractivity contribution in [2.24, 2.45) is 0 Å². The molecule has 2 bridgehead atoms. The lowest BCUT2D eigenvalue weighted by molar-refractivity contribution is -0.159. The number of aromatic amines is 1. The van der Waals surface area contributed by atoms with Crippen LogP contribution in [0.4, 0.5) is 4.39 Å². The van der Waals surface area contributed by atoms with E-state index in [1.165, 1.54) is 25.3 Å². The number of carbonyl (C=O) groups is 2. The molecule has 2 fully saturated rings. The topological polar surface area (TPSA) is 217 Å². The first-order valence-corrected chi connectivity index (χ1v) is 23.2. The van der Waals surface area contributed by atoms with Crippen LogP contribution in [0.1, 0.15) is 112 Å². The highest BCUT2D eigenvalue weighted by molar-refractivity contribution is 9.09. The molecule has 20 heteroatoms. The molecule has 340 valence electrons. The fourth-order valence-corrected chi connectivity index (χ4v) is 9.48. The Kier molecular flexibility index (Phi) is 17.1. The third kappa shape index (κ3) is 12.1. The van der Waals surface area contributed by atoms with E-state index in [-0.39, 0.29) is 29.0 Å². The predicted molar refractivity (Wildman–Crippen MR) is 230 cm³/mol. The number of carboxylic acid groups (broad SMARTS) is 2. The van der Waals surface area contributed by atoms with Gasteiger partial charge in [-0.1, -0.05) is 40.9 Å². The van der Waals surface area contributed by atoms with Gasteiger partial charge in [0, 0.05) is 75.0 Å². The molecule has 5 aliphatic rings. The van der Waals surface area contributed by atoms with Crippen molar-refractivity contribution in [2.45, 2.75) is 167 Å². The molecule has 2 saturated heterocycles. The van der Waals surface area contributed by atoms with Crippen LogP contribution < -0.4 is 17.1 Å². The summed E-state index contributed by atoms with van der Waals surface area (Å²) in [7, 11) is 0. The fourth-order valence-electron chi connectivity index (χ4n) is 9.08. The number of rotatable bonds is 14. The van der Waals surface area contributed by atoms with E-state index in [1.54, 1.807) is 20.0 Å². The van der Waals surface area contributed by atoms with Gasteiger partial charge in [0.05, 0.1) is 12.7 Å². The van der Waals surface area contributed by atoms with Gasteiger partial charge in [-0.25, -0.2) is 42.8 Å². The number of ether oxygens (including phenoxy) is 1. The molecule has 2 atom stereocenters. The van der Waals surface area contributed by atoms with Gasteiger partial charge in [0.15, 0.2) is 0 Å². The predicted octanol–water partition coefficient (Wildman–Crippen LogP) is 4.05. The maximum atomic E-state index is 14.1. The van der Waals surface area contributed by atoms with E-state index in [1.807, 2.05) is 22.1 Å². The van der Waals surface area contributed by atoms with E-state index in [9.17, 15) is 18.8 Å². The highest BCUT2D eigenvalue weighted by atomic mass is 79.9. The number of piperidine rings is 1. The van der Waals surface area contributed by atoms with Crippen molar-refractivity contribution in [2.75, 3.05) is 11.9 Å². The smallest absolute Gasteiger partial charge is 0.414 e. The number of H-pyrrole nitrogens is 1.